The van der Waals surface area contributed by atoms with Gasteiger partial charge in [0, 0.05) is 9.35 Å². The Morgan fingerprint density at radius 3 is 2.78 bits per heavy atom. The number of aromatic nitrogens is 1. The monoisotopic (exact) mass is 392 g/mol. The van der Waals surface area contributed by atoms with Crippen LogP contribution in [0.15, 0.2) is 28.7 Å². The molecule has 0 bridgehead atoms. The maximum Gasteiger partial charge on any atom is 0.258 e. The van der Waals surface area contributed by atoms with Crippen LogP contribution in [0.1, 0.15) is 48.1 Å². The van der Waals surface area contributed by atoms with Gasteiger partial charge in [-0.3, -0.25) is 10.1 Å². The van der Waals surface area contributed by atoms with Gasteiger partial charge in [0.05, 0.1) is 11.3 Å². The molecule has 2 aromatic rings. The van der Waals surface area contributed by atoms with Crippen LogP contribution in [0.3, 0.4) is 0 Å². The van der Waals surface area contributed by atoms with E-state index < -0.39 is 0 Å². The van der Waals surface area contributed by atoms with Gasteiger partial charge in [-0.05, 0) is 58.7 Å². The molecule has 0 spiro atoms. The van der Waals surface area contributed by atoms with Crippen LogP contribution in [-0.4, -0.2) is 10.9 Å². The number of benzene rings is 1. The average Bonchev–Trinajstić information content (AvgIpc) is 2.87. The quantitative estimate of drug-likeness (QED) is 0.752. The lowest BCUT2D eigenvalue weighted by Gasteiger charge is -2.33. The van der Waals surface area contributed by atoms with Crippen LogP contribution in [0, 0.1) is 11.3 Å². The predicted octanol–water partition coefficient (Wildman–Crippen LogP) is 5.31. The molecule has 1 N–H and O–H groups in total. The van der Waals surface area contributed by atoms with Gasteiger partial charge in [0.2, 0.25) is 0 Å². The molecule has 0 unspecified atom stereocenters. The Labute approximate surface area is 149 Å². The van der Waals surface area contributed by atoms with E-state index in [4.69, 9.17) is 0 Å². The Morgan fingerprint density at radius 2 is 2.09 bits per heavy atom. The van der Waals surface area contributed by atoms with Gasteiger partial charge in [0.25, 0.3) is 5.91 Å². The van der Waals surface area contributed by atoms with Crippen molar-refractivity contribution >= 4 is 38.3 Å². The molecule has 0 fully saturated rings. The van der Waals surface area contributed by atoms with Crippen molar-refractivity contribution < 1.29 is 4.79 Å². The molecule has 1 aliphatic rings. The molecule has 1 amide bonds. The normalized spacial score (nSPS) is 17.7. The van der Waals surface area contributed by atoms with Gasteiger partial charge >= 0.3 is 0 Å². The molecule has 122 valence electrons. The molecule has 0 saturated carbocycles. The van der Waals surface area contributed by atoms with E-state index in [0.717, 1.165) is 23.0 Å². The van der Waals surface area contributed by atoms with Gasteiger partial charge < -0.3 is 0 Å². The minimum atomic E-state index is -0.115. The highest BCUT2D eigenvalue weighted by Gasteiger charge is 2.30. The molecular weight excluding hydrogens is 372 g/mol. The van der Waals surface area contributed by atoms with Crippen molar-refractivity contribution in [1.82, 2.24) is 4.98 Å². The van der Waals surface area contributed by atoms with Crippen LogP contribution in [0.4, 0.5) is 5.13 Å². The number of nitrogens with one attached hydrogen (secondary N) is 1. The van der Waals surface area contributed by atoms with Crippen LogP contribution in [0.25, 0.3) is 0 Å². The number of anilines is 1. The van der Waals surface area contributed by atoms with E-state index in [1.165, 1.54) is 11.3 Å². The SMILES string of the molecule is CC(C)(C)[C@@H]1CCc2nc(NC(=O)c3ccccc3Br)sc2C1. The minimum absolute atomic E-state index is 0.115. The lowest BCUT2D eigenvalue weighted by molar-refractivity contribution is 0.102. The smallest absolute Gasteiger partial charge is 0.258 e. The van der Waals surface area contributed by atoms with Crippen LogP contribution >= 0.6 is 27.3 Å². The molecule has 3 rings (SSSR count). The topological polar surface area (TPSA) is 42.0 Å². The van der Waals surface area contributed by atoms with Gasteiger partial charge in [-0.15, -0.1) is 11.3 Å². The molecule has 23 heavy (non-hydrogen) atoms. The zero-order valence-corrected chi connectivity index (χ0v) is 16.1. The van der Waals surface area contributed by atoms with Crippen LogP contribution < -0.4 is 5.32 Å². The Balaban J connectivity index is 1.76. The van der Waals surface area contributed by atoms with Gasteiger partial charge in [-0.1, -0.05) is 32.9 Å². The number of nitrogens with zero attached hydrogens (tertiary/aromatic N) is 1. The molecule has 0 saturated heterocycles. The third-order valence-corrected chi connectivity index (χ3v) is 6.23. The molecule has 1 aromatic heterocycles. The number of carbonyl (C=O) groups is 1. The standard InChI is InChI=1S/C18H21BrN2OS/c1-18(2,3)11-8-9-14-15(10-11)23-17(20-14)21-16(22)12-6-4-5-7-13(12)19/h4-7,11H,8-10H2,1-3H3,(H,20,21,22)/t11-/m1/s1. The lowest BCUT2D eigenvalue weighted by Crippen LogP contribution is -2.26. The van der Waals surface area contributed by atoms with Crippen LogP contribution in [0.2, 0.25) is 0 Å². The second-order valence-electron chi connectivity index (χ2n) is 7.13. The fraction of sp³-hybridized carbons (Fsp3) is 0.444. The summed E-state index contributed by atoms with van der Waals surface area (Å²) in [6.07, 6.45) is 3.26. The van der Waals surface area contributed by atoms with Crippen molar-refractivity contribution in [2.45, 2.75) is 40.0 Å². The van der Waals surface area contributed by atoms with E-state index in [1.54, 1.807) is 11.3 Å². The first-order chi connectivity index (χ1) is 10.8. The summed E-state index contributed by atoms with van der Waals surface area (Å²) in [6.45, 7) is 6.91. The second kappa shape index (κ2) is 6.36. The van der Waals surface area contributed by atoms with E-state index in [9.17, 15) is 4.79 Å². The molecule has 1 heterocycles. The number of fused-ring (bicyclic) bond motifs is 1. The van der Waals surface area contributed by atoms with Gasteiger partial charge in [0.15, 0.2) is 5.13 Å². The summed E-state index contributed by atoms with van der Waals surface area (Å²) < 4.78 is 0.798. The fourth-order valence-corrected chi connectivity index (χ4v) is 4.53. The third kappa shape index (κ3) is 3.66. The number of carbonyl (C=O) groups excluding carboxylic acids is 1. The predicted molar refractivity (Wildman–Crippen MR) is 99.2 cm³/mol. The number of halogens is 1. The van der Waals surface area contributed by atoms with Crippen molar-refractivity contribution in [2.24, 2.45) is 11.3 Å². The third-order valence-electron chi connectivity index (χ3n) is 4.50. The van der Waals surface area contributed by atoms with Crippen molar-refractivity contribution in [1.29, 1.82) is 0 Å². The maximum atomic E-state index is 12.4. The lowest BCUT2D eigenvalue weighted by atomic mass is 9.73. The summed E-state index contributed by atoms with van der Waals surface area (Å²) in [6, 6.07) is 7.44. The summed E-state index contributed by atoms with van der Waals surface area (Å²) in [5.74, 6) is 0.568. The summed E-state index contributed by atoms with van der Waals surface area (Å²) in [5, 5.41) is 3.66. The zero-order chi connectivity index (χ0) is 16.6. The van der Waals surface area contributed by atoms with E-state index in [-0.39, 0.29) is 5.91 Å². The number of amides is 1. The number of hydrogen-bond acceptors (Lipinski definition) is 3. The minimum Gasteiger partial charge on any atom is -0.298 e. The Hall–Kier alpha value is -1.20. The first-order valence-electron chi connectivity index (χ1n) is 7.89. The zero-order valence-electron chi connectivity index (χ0n) is 13.6. The molecule has 1 atom stereocenters. The van der Waals surface area contributed by atoms with Crippen molar-refractivity contribution in [3.05, 3.63) is 44.9 Å². The van der Waals surface area contributed by atoms with E-state index in [0.29, 0.717) is 22.0 Å². The summed E-state index contributed by atoms with van der Waals surface area (Å²) in [4.78, 5) is 18.4. The largest absolute Gasteiger partial charge is 0.298 e. The number of aryl methyl sites for hydroxylation is 1. The highest BCUT2D eigenvalue weighted by molar-refractivity contribution is 9.10. The van der Waals surface area contributed by atoms with Gasteiger partial charge in [0.1, 0.15) is 0 Å². The molecular formula is C18H21BrN2OS. The molecule has 1 aromatic carbocycles. The van der Waals surface area contributed by atoms with Crippen molar-refractivity contribution in [3.8, 4) is 0 Å². The number of thiazole rings is 1. The number of hydrogen-bond donors (Lipinski definition) is 1. The Bertz CT molecular complexity index is 733. The number of rotatable bonds is 2. The van der Waals surface area contributed by atoms with E-state index in [2.05, 4.69) is 47.0 Å². The molecule has 5 heteroatoms. The highest BCUT2D eigenvalue weighted by Crippen LogP contribution is 2.40. The second-order valence-corrected chi connectivity index (χ2v) is 9.07. The first-order valence-corrected chi connectivity index (χ1v) is 9.50. The Kier molecular flexibility index (Phi) is 4.61. The molecule has 0 aliphatic heterocycles. The molecule has 0 radical (unpaired) electrons. The fourth-order valence-electron chi connectivity index (χ4n) is 2.98. The van der Waals surface area contributed by atoms with E-state index in [1.807, 2.05) is 24.3 Å². The average molecular weight is 393 g/mol. The van der Waals surface area contributed by atoms with Crippen LogP contribution in [0.5, 0.6) is 0 Å². The summed E-state index contributed by atoms with van der Waals surface area (Å²) in [7, 11) is 0. The van der Waals surface area contributed by atoms with Crippen molar-refractivity contribution in [3.63, 3.8) is 0 Å². The van der Waals surface area contributed by atoms with Gasteiger partial charge in [-0.25, -0.2) is 4.98 Å². The Morgan fingerprint density at radius 1 is 1.35 bits per heavy atom. The summed E-state index contributed by atoms with van der Waals surface area (Å²) >= 11 is 5.04. The maximum absolute atomic E-state index is 12.4. The van der Waals surface area contributed by atoms with Crippen LogP contribution in [-0.2, 0) is 12.8 Å². The van der Waals surface area contributed by atoms with Crippen molar-refractivity contribution in [2.75, 3.05) is 5.32 Å². The first kappa shape index (κ1) is 16.7. The van der Waals surface area contributed by atoms with E-state index >= 15 is 0 Å². The molecule has 3 nitrogen and oxygen atoms in total. The van der Waals surface area contributed by atoms with Gasteiger partial charge in [-0.2, -0.15) is 0 Å². The highest BCUT2D eigenvalue weighted by atomic mass is 79.9. The summed E-state index contributed by atoms with van der Waals surface area (Å²) in [5.41, 5.74) is 2.12. The molecule has 1 aliphatic carbocycles.